The number of hydrogen-bond donors (Lipinski definition) is 4. The average molecular weight is 344 g/mol. The van der Waals surface area contributed by atoms with E-state index in [1.54, 1.807) is 0 Å². The summed E-state index contributed by atoms with van der Waals surface area (Å²) in [5, 5.41) is 24.6. The lowest BCUT2D eigenvalue weighted by molar-refractivity contribution is -0.117. The van der Waals surface area contributed by atoms with Gasteiger partial charge in [0.25, 0.3) is 0 Å². The summed E-state index contributed by atoms with van der Waals surface area (Å²) in [5.74, 6) is -0.488. The molecule has 0 rings (SSSR count). The van der Waals surface area contributed by atoms with Crippen LogP contribution in [0.15, 0.2) is 25.3 Å². The molecule has 2 atom stereocenters. The molecule has 0 fully saturated rings. The van der Waals surface area contributed by atoms with Crippen LogP contribution >= 0.6 is 0 Å². The molecule has 24 heavy (non-hydrogen) atoms. The van der Waals surface area contributed by atoms with E-state index in [1.807, 2.05) is 0 Å². The second kappa shape index (κ2) is 14.8. The van der Waals surface area contributed by atoms with Crippen molar-refractivity contribution in [1.82, 2.24) is 10.6 Å². The van der Waals surface area contributed by atoms with Gasteiger partial charge in [0.1, 0.15) is 12.2 Å². The van der Waals surface area contributed by atoms with Crippen LogP contribution in [0.1, 0.15) is 12.8 Å². The van der Waals surface area contributed by atoms with E-state index in [4.69, 9.17) is 9.47 Å². The molecule has 0 aromatic heterocycles. The van der Waals surface area contributed by atoms with Gasteiger partial charge in [0.05, 0.1) is 13.2 Å². The van der Waals surface area contributed by atoms with Crippen molar-refractivity contribution in [2.75, 3.05) is 39.5 Å². The van der Waals surface area contributed by atoms with Crippen LogP contribution in [0.2, 0.25) is 0 Å². The second-order valence-corrected chi connectivity index (χ2v) is 4.98. The quantitative estimate of drug-likeness (QED) is 0.227. The zero-order valence-corrected chi connectivity index (χ0v) is 13.9. The van der Waals surface area contributed by atoms with Gasteiger partial charge in [0, 0.05) is 26.3 Å². The minimum Gasteiger partial charge on any atom is -0.388 e. The molecule has 0 aliphatic carbocycles. The molecular weight excluding hydrogens is 316 g/mol. The lowest BCUT2D eigenvalue weighted by atomic mass is 10.2. The first-order valence-corrected chi connectivity index (χ1v) is 7.83. The Morgan fingerprint density at radius 2 is 1.25 bits per heavy atom. The molecule has 2 amide bonds. The third kappa shape index (κ3) is 12.8. The first-order valence-electron chi connectivity index (χ1n) is 7.83. The minimum atomic E-state index is -1.05. The van der Waals surface area contributed by atoms with Crippen LogP contribution in [-0.2, 0) is 19.1 Å². The number of rotatable bonds is 15. The molecule has 0 spiro atoms. The molecule has 0 bridgehead atoms. The van der Waals surface area contributed by atoms with Gasteiger partial charge in [0.2, 0.25) is 11.8 Å². The molecular formula is C16H28N2O6. The Bertz CT molecular complexity index is 353. The summed E-state index contributed by atoms with van der Waals surface area (Å²) in [6.07, 6.45) is 1.47. The summed E-state index contributed by atoms with van der Waals surface area (Å²) >= 11 is 0. The molecule has 8 heteroatoms. The lowest BCUT2D eigenvalue weighted by Gasteiger charge is -2.18. The number of ether oxygens (including phenoxy) is 2. The van der Waals surface area contributed by atoms with E-state index in [2.05, 4.69) is 23.8 Å². The van der Waals surface area contributed by atoms with Crippen LogP contribution in [0, 0.1) is 0 Å². The van der Waals surface area contributed by atoms with E-state index < -0.39 is 12.2 Å². The number of aliphatic hydroxyl groups is 2. The Hall–Kier alpha value is -1.74. The molecule has 0 aromatic rings. The Balaban J connectivity index is 3.50. The van der Waals surface area contributed by atoms with E-state index in [-0.39, 0.29) is 25.0 Å². The van der Waals surface area contributed by atoms with Crippen molar-refractivity contribution in [2.45, 2.75) is 25.0 Å². The van der Waals surface area contributed by atoms with E-state index >= 15 is 0 Å². The van der Waals surface area contributed by atoms with Crippen molar-refractivity contribution >= 4 is 11.8 Å². The molecule has 0 heterocycles. The minimum absolute atomic E-state index is 0.0185. The third-order valence-electron chi connectivity index (χ3n) is 2.92. The number of hydrogen-bond acceptors (Lipinski definition) is 6. The van der Waals surface area contributed by atoms with Gasteiger partial charge in [-0.3, -0.25) is 9.59 Å². The Kier molecular flexibility index (Phi) is 13.8. The number of nitrogens with one attached hydrogen (secondary N) is 2. The van der Waals surface area contributed by atoms with Crippen LogP contribution in [0.4, 0.5) is 0 Å². The molecule has 0 saturated heterocycles. The highest BCUT2D eigenvalue weighted by Crippen LogP contribution is 1.97. The predicted molar refractivity (Wildman–Crippen MR) is 89.3 cm³/mol. The van der Waals surface area contributed by atoms with E-state index in [9.17, 15) is 19.8 Å². The Morgan fingerprint density at radius 1 is 0.875 bits per heavy atom. The SMILES string of the molecule is C=CC(=O)NCCCOCC(O)C(O)COCCCNC(=O)C=C. The summed E-state index contributed by atoms with van der Waals surface area (Å²) in [4.78, 5) is 21.8. The highest BCUT2D eigenvalue weighted by atomic mass is 16.5. The van der Waals surface area contributed by atoms with E-state index in [0.29, 0.717) is 39.1 Å². The Labute approximate surface area is 142 Å². The van der Waals surface area contributed by atoms with E-state index in [0.717, 1.165) is 0 Å². The highest BCUT2D eigenvalue weighted by molar-refractivity contribution is 5.87. The molecule has 0 aliphatic heterocycles. The largest absolute Gasteiger partial charge is 0.388 e. The molecule has 0 aromatic carbocycles. The third-order valence-corrected chi connectivity index (χ3v) is 2.92. The number of amides is 2. The van der Waals surface area contributed by atoms with Crippen LogP contribution in [0.25, 0.3) is 0 Å². The Morgan fingerprint density at radius 3 is 1.58 bits per heavy atom. The molecule has 138 valence electrons. The monoisotopic (exact) mass is 344 g/mol. The van der Waals surface area contributed by atoms with E-state index in [1.165, 1.54) is 12.2 Å². The number of carbonyl (C=O) groups excluding carboxylic acids is 2. The summed E-state index contributed by atoms with van der Waals surface area (Å²) < 4.78 is 10.4. The van der Waals surface area contributed by atoms with Crippen molar-refractivity contribution in [2.24, 2.45) is 0 Å². The summed E-state index contributed by atoms with van der Waals surface area (Å²) in [6, 6.07) is 0. The van der Waals surface area contributed by atoms with Gasteiger partial charge in [0.15, 0.2) is 0 Å². The summed E-state index contributed by atoms with van der Waals surface area (Å²) in [7, 11) is 0. The average Bonchev–Trinajstić information content (AvgIpc) is 2.59. The fourth-order valence-corrected chi connectivity index (χ4v) is 1.55. The smallest absolute Gasteiger partial charge is 0.243 e. The molecule has 0 aliphatic rings. The molecule has 4 N–H and O–H groups in total. The van der Waals surface area contributed by atoms with Gasteiger partial charge in [-0.15, -0.1) is 0 Å². The van der Waals surface area contributed by atoms with Crippen molar-refractivity contribution < 1.29 is 29.3 Å². The second-order valence-electron chi connectivity index (χ2n) is 4.98. The van der Waals surface area contributed by atoms with Gasteiger partial charge in [-0.1, -0.05) is 13.2 Å². The number of aliphatic hydroxyl groups excluding tert-OH is 2. The van der Waals surface area contributed by atoms with Gasteiger partial charge in [-0.05, 0) is 25.0 Å². The normalized spacial score (nSPS) is 12.9. The maximum atomic E-state index is 10.9. The summed E-state index contributed by atoms with van der Waals surface area (Å²) in [6.45, 7) is 8.24. The highest BCUT2D eigenvalue weighted by Gasteiger charge is 2.16. The molecule has 0 radical (unpaired) electrons. The maximum absolute atomic E-state index is 10.9. The van der Waals surface area contributed by atoms with Crippen LogP contribution in [0.3, 0.4) is 0 Å². The first-order chi connectivity index (χ1) is 11.5. The fraction of sp³-hybridized carbons (Fsp3) is 0.625. The first kappa shape index (κ1) is 22.3. The zero-order chi connectivity index (χ0) is 18.2. The van der Waals surface area contributed by atoms with Crippen LogP contribution < -0.4 is 10.6 Å². The van der Waals surface area contributed by atoms with Crippen molar-refractivity contribution in [3.8, 4) is 0 Å². The van der Waals surface area contributed by atoms with Crippen molar-refractivity contribution in [3.05, 3.63) is 25.3 Å². The van der Waals surface area contributed by atoms with Crippen LogP contribution in [0.5, 0.6) is 0 Å². The zero-order valence-electron chi connectivity index (χ0n) is 13.9. The standard InChI is InChI=1S/C16H28N2O6/c1-3-15(21)17-7-5-9-23-11-13(19)14(20)12-24-10-6-8-18-16(22)4-2/h3-4,13-14,19-20H,1-2,5-12H2,(H,17,21)(H,18,22). The lowest BCUT2D eigenvalue weighted by Crippen LogP contribution is -2.35. The van der Waals surface area contributed by atoms with Gasteiger partial charge >= 0.3 is 0 Å². The topological polar surface area (TPSA) is 117 Å². The van der Waals surface area contributed by atoms with Crippen molar-refractivity contribution in [3.63, 3.8) is 0 Å². The molecule has 8 nitrogen and oxygen atoms in total. The van der Waals surface area contributed by atoms with Gasteiger partial charge in [-0.25, -0.2) is 0 Å². The maximum Gasteiger partial charge on any atom is 0.243 e. The molecule has 0 saturated carbocycles. The summed E-state index contributed by atoms with van der Waals surface area (Å²) in [5.41, 5.74) is 0. The van der Waals surface area contributed by atoms with Crippen molar-refractivity contribution in [1.29, 1.82) is 0 Å². The number of carbonyl (C=O) groups is 2. The predicted octanol–water partition coefficient (Wildman–Crippen LogP) is -0.874. The molecule has 2 unspecified atom stereocenters. The van der Waals surface area contributed by atoms with Gasteiger partial charge < -0.3 is 30.3 Å². The fourth-order valence-electron chi connectivity index (χ4n) is 1.55. The van der Waals surface area contributed by atoms with Gasteiger partial charge in [-0.2, -0.15) is 0 Å². The van der Waals surface area contributed by atoms with Crippen LogP contribution in [-0.4, -0.2) is 73.8 Å².